The van der Waals surface area contributed by atoms with Crippen molar-refractivity contribution in [2.24, 2.45) is 5.92 Å². The maximum absolute atomic E-state index is 12.6. The number of aromatic amines is 2. The maximum atomic E-state index is 12.6. The largest absolute Gasteiger partial charge is 0.352 e. The van der Waals surface area contributed by atoms with Crippen molar-refractivity contribution in [3.63, 3.8) is 0 Å². The van der Waals surface area contributed by atoms with Gasteiger partial charge < -0.3 is 18.5 Å². The van der Waals surface area contributed by atoms with E-state index >= 15 is 0 Å². The third-order valence-electron chi connectivity index (χ3n) is 6.65. The zero-order chi connectivity index (χ0) is 26.1. The fraction of sp³-hybridized carbons (Fsp3) is 0.636. The molecule has 36 heavy (non-hydrogen) atoms. The van der Waals surface area contributed by atoms with Gasteiger partial charge in [0.25, 0.3) is 11.1 Å². The van der Waals surface area contributed by atoms with Gasteiger partial charge in [0.05, 0.1) is 24.9 Å². The first kappa shape index (κ1) is 26.5. The van der Waals surface area contributed by atoms with Crippen LogP contribution in [-0.4, -0.2) is 44.0 Å². The number of aromatic nitrogens is 4. The van der Waals surface area contributed by atoms with Gasteiger partial charge in [-0.25, -0.2) is 9.59 Å². The van der Waals surface area contributed by atoms with Crippen LogP contribution < -0.4 is 22.5 Å². The summed E-state index contributed by atoms with van der Waals surface area (Å²) >= 11 is 0. The van der Waals surface area contributed by atoms with E-state index in [9.17, 15) is 23.7 Å². The van der Waals surface area contributed by atoms with Crippen molar-refractivity contribution in [3.05, 3.63) is 65.2 Å². The second-order valence-electron chi connectivity index (χ2n) is 9.29. The van der Waals surface area contributed by atoms with Crippen molar-refractivity contribution in [3.8, 4) is 0 Å². The van der Waals surface area contributed by atoms with Gasteiger partial charge in [-0.3, -0.25) is 33.3 Å². The zero-order valence-electron chi connectivity index (χ0n) is 20.5. The van der Waals surface area contributed by atoms with Crippen LogP contribution in [0.3, 0.4) is 0 Å². The number of aryl methyl sites for hydroxylation is 2. The van der Waals surface area contributed by atoms with Gasteiger partial charge in [0.15, 0.2) is 0 Å². The molecule has 14 heteroatoms. The quantitative estimate of drug-likeness (QED) is 0.480. The van der Waals surface area contributed by atoms with E-state index in [0.717, 1.165) is 0 Å². The first-order valence-corrected chi connectivity index (χ1v) is 13.1. The molecule has 3 unspecified atom stereocenters. The molecule has 0 amide bonds. The summed E-state index contributed by atoms with van der Waals surface area (Å²) in [7, 11) is -2.93. The lowest BCUT2D eigenvalue weighted by Crippen LogP contribution is -2.33. The van der Waals surface area contributed by atoms with Crippen molar-refractivity contribution in [1.82, 2.24) is 19.1 Å². The molecule has 0 aliphatic carbocycles. The number of nitrogens with one attached hydrogen (secondary N) is 2. The predicted octanol–water partition coefficient (Wildman–Crippen LogP) is 1.12. The fourth-order valence-electron chi connectivity index (χ4n) is 4.51. The summed E-state index contributed by atoms with van der Waals surface area (Å²) in [5.74, 6) is 0.00173. The van der Waals surface area contributed by atoms with Gasteiger partial charge >= 0.3 is 19.6 Å². The molecule has 0 bridgehead atoms. The van der Waals surface area contributed by atoms with Crippen LogP contribution in [-0.2, 0) is 23.1 Å². The normalized spacial score (nSPS) is 29.0. The molecule has 13 nitrogen and oxygen atoms in total. The van der Waals surface area contributed by atoms with Crippen molar-refractivity contribution >= 4 is 8.25 Å². The minimum Gasteiger partial charge on any atom is -0.352 e. The first-order valence-electron chi connectivity index (χ1n) is 11.9. The Morgan fingerprint density at radius 2 is 1.47 bits per heavy atom. The van der Waals surface area contributed by atoms with Gasteiger partial charge in [-0.15, -0.1) is 0 Å². The molecule has 2 aliphatic heterocycles. The van der Waals surface area contributed by atoms with Gasteiger partial charge in [-0.2, -0.15) is 0 Å². The molecular formula is C22H31N4O9P. The minimum absolute atomic E-state index is 0.00107. The lowest BCUT2D eigenvalue weighted by Gasteiger charge is -2.19. The molecule has 0 spiro atoms. The SMILES string of the molecule is CC[C@H]1O[C@@H](n2cc(C)c(=O)[nH]c2=O)CC1O[PH](=O)OC[C@H]1O[C@@H](n2cc(C)c(=O)[nH]c2=O)CC1C. The molecule has 198 valence electrons. The highest BCUT2D eigenvalue weighted by atomic mass is 31.1. The van der Waals surface area contributed by atoms with Gasteiger partial charge in [0.1, 0.15) is 12.5 Å². The monoisotopic (exact) mass is 526 g/mol. The molecule has 0 radical (unpaired) electrons. The maximum Gasteiger partial charge on any atom is 0.330 e. The Labute approximate surface area is 206 Å². The summed E-state index contributed by atoms with van der Waals surface area (Å²) in [6.45, 7) is 7.01. The number of rotatable bonds is 8. The lowest BCUT2D eigenvalue weighted by molar-refractivity contribution is -0.0325. The van der Waals surface area contributed by atoms with Crippen molar-refractivity contribution < 1.29 is 23.1 Å². The van der Waals surface area contributed by atoms with Gasteiger partial charge in [0.2, 0.25) is 0 Å². The third kappa shape index (κ3) is 5.55. The summed E-state index contributed by atoms with van der Waals surface area (Å²) in [6.07, 6.45) is 1.59. The van der Waals surface area contributed by atoms with Crippen LogP contribution in [0.15, 0.2) is 31.6 Å². The lowest BCUT2D eigenvalue weighted by atomic mass is 10.0. The molecule has 4 heterocycles. The van der Waals surface area contributed by atoms with E-state index in [2.05, 4.69) is 9.97 Å². The molecule has 2 saturated heterocycles. The van der Waals surface area contributed by atoms with Crippen molar-refractivity contribution in [2.45, 2.75) is 77.7 Å². The van der Waals surface area contributed by atoms with E-state index < -0.39 is 61.5 Å². The van der Waals surface area contributed by atoms with Crippen LogP contribution in [0.2, 0.25) is 0 Å². The number of hydrogen-bond donors (Lipinski definition) is 2. The summed E-state index contributed by atoms with van der Waals surface area (Å²) in [5.41, 5.74) is -1.28. The standard InChI is InChI=1S/C22H31N4O9P/c1-5-14-15(7-18(33-14)26-9-13(4)20(28)24-22(26)30)35-36(31)32-10-16-11(2)6-17(34-16)25-8-12(3)19(27)23-21(25)29/h8-9,11,14-18,36H,5-7,10H2,1-4H3,(H,23,27,29)(H,24,28,30)/t11?,14-,15?,16-,17-,18-/m1/s1. The Kier molecular flexibility index (Phi) is 7.96. The fourth-order valence-corrected chi connectivity index (χ4v) is 5.37. The van der Waals surface area contributed by atoms with Crippen molar-refractivity contribution in [1.29, 1.82) is 0 Å². The number of H-pyrrole nitrogens is 2. The van der Waals surface area contributed by atoms with Crippen LogP contribution in [0.5, 0.6) is 0 Å². The molecule has 2 aromatic heterocycles. The topological polar surface area (TPSA) is 164 Å². The van der Waals surface area contributed by atoms with E-state index in [0.29, 0.717) is 24.0 Å². The van der Waals surface area contributed by atoms with E-state index in [4.69, 9.17) is 18.5 Å². The summed E-state index contributed by atoms with van der Waals surface area (Å²) < 4.78 is 38.3. The molecule has 4 rings (SSSR count). The molecular weight excluding hydrogens is 495 g/mol. The highest BCUT2D eigenvalue weighted by molar-refractivity contribution is 7.33. The average molecular weight is 526 g/mol. The third-order valence-corrected chi connectivity index (χ3v) is 7.55. The smallest absolute Gasteiger partial charge is 0.330 e. The number of nitrogens with zero attached hydrogens (tertiary/aromatic N) is 2. The molecule has 2 N–H and O–H groups in total. The van der Waals surface area contributed by atoms with Gasteiger partial charge in [0, 0.05) is 29.9 Å². The van der Waals surface area contributed by atoms with E-state index in [-0.39, 0.29) is 18.9 Å². The van der Waals surface area contributed by atoms with E-state index in [1.807, 2.05) is 13.8 Å². The number of ether oxygens (including phenoxy) is 2. The highest BCUT2D eigenvalue weighted by Crippen LogP contribution is 2.39. The van der Waals surface area contributed by atoms with Gasteiger partial charge in [-0.1, -0.05) is 13.8 Å². The average Bonchev–Trinajstić information content (AvgIpc) is 3.40. The summed E-state index contributed by atoms with van der Waals surface area (Å²) in [4.78, 5) is 52.2. The summed E-state index contributed by atoms with van der Waals surface area (Å²) in [5, 5.41) is 0. The number of hydrogen-bond acceptors (Lipinski definition) is 9. The van der Waals surface area contributed by atoms with Crippen LogP contribution in [0.1, 0.15) is 56.7 Å². The minimum atomic E-state index is -2.93. The van der Waals surface area contributed by atoms with Crippen LogP contribution >= 0.6 is 8.25 Å². The molecule has 0 saturated carbocycles. The molecule has 2 aliphatic rings. The van der Waals surface area contributed by atoms with Gasteiger partial charge in [-0.05, 0) is 32.6 Å². The molecule has 2 fully saturated rings. The summed E-state index contributed by atoms with van der Waals surface area (Å²) in [6, 6.07) is 0. The molecule has 0 aromatic carbocycles. The second-order valence-corrected chi connectivity index (χ2v) is 10.3. The first-order chi connectivity index (χ1) is 17.1. The molecule has 2 aromatic rings. The zero-order valence-corrected chi connectivity index (χ0v) is 21.5. The Morgan fingerprint density at radius 3 is 2.03 bits per heavy atom. The van der Waals surface area contributed by atoms with Crippen LogP contribution in [0.25, 0.3) is 0 Å². The Morgan fingerprint density at radius 1 is 0.944 bits per heavy atom. The Bertz CT molecular complexity index is 1360. The molecule has 7 atom stereocenters. The van der Waals surface area contributed by atoms with E-state index in [1.165, 1.54) is 21.5 Å². The Balaban J connectivity index is 1.35. The highest BCUT2D eigenvalue weighted by Gasteiger charge is 2.38. The predicted molar refractivity (Wildman–Crippen MR) is 128 cm³/mol. The van der Waals surface area contributed by atoms with Crippen LogP contribution in [0.4, 0.5) is 0 Å². The van der Waals surface area contributed by atoms with E-state index in [1.54, 1.807) is 13.8 Å². The van der Waals surface area contributed by atoms with Crippen molar-refractivity contribution in [2.75, 3.05) is 6.61 Å². The second kappa shape index (κ2) is 10.8. The van der Waals surface area contributed by atoms with Crippen LogP contribution in [0, 0.1) is 19.8 Å². The Hall–Kier alpha value is -2.57.